The van der Waals surface area contributed by atoms with E-state index in [4.69, 9.17) is 0 Å². The van der Waals surface area contributed by atoms with Gasteiger partial charge in [-0.3, -0.25) is 0 Å². The van der Waals surface area contributed by atoms with Crippen LogP contribution in [0, 0.1) is 5.82 Å². The molecule has 2 nitrogen and oxygen atoms in total. The average Bonchev–Trinajstić information content (AvgIpc) is 2.58. The summed E-state index contributed by atoms with van der Waals surface area (Å²) in [6.07, 6.45) is 0.825. The van der Waals surface area contributed by atoms with Crippen LogP contribution in [0.15, 0.2) is 16.6 Å². The molecule has 16 heavy (non-hydrogen) atoms. The van der Waals surface area contributed by atoms with Gasteiger partial charge < -0.3 is 10.2 Å². The third kappa shape index (κ3) is 1.47. The SMILES string of the molecule is C[C@@H]1CNC[C@H]2Cc3c(F)cc(Br)cc3N21. The maximum Gasteiger partial charge on any atom is 0.129 e. The summed E-state index contributed by atoms with van der Waals surface area (Å²) in [5, 5.41) is 3.40. The molecule has 1 fully saturated rings. The van der Waals surface area contributed by atoms with E-state index in [1.807, 2.05) is 6.07 Å². The summed E-state index contributed by atoms with van der Waals surface area (Å²) in [5.41, 5.74) is 1.95. The molecule has 0 amide bonds. The number of nitrogens with one attached hydrogen (secondary N) is 1. The van der Waals surface area contributed by atoms with Crippen LogP contribution in [0.3, 0.4) is 0 Å². The summed E-state index contributed by atoms with van der Waals surface area (Å²) in [7, 11) is 0. The first-order valence-electron chi connectivity index (χ1n) is 5.64. The van der Waals surface area contributed by atoms with Crippen molar-refractivity contribution < 1.29 is 4.39 Å². The van der Waals surface area contributed by atoms with Gasteiger partial charge in [-0.2, -0.15) is 0 Å². The number of fused-ring (bicyclic) bond motifs is 3. The molecule has 4 heteroatoms. The van der Waals surface area contributed by atoms with Gasteiger partial charge in [0.15, 0.2) is 0 Å². The molecule has 0 bridgehead atoms. The van der Waals surface area contributed by atoms with Crippen LogP contribution in [0.5, 0.6) is 0 Å². The molecule has 2 aliphatic rings. The standard InChI is InChI=1S/C12H14BrFN2/c1-7-5-15-6-9-4-10-11(14)2-8(13)3-12(10)16(7)9/h2-3,7,9,15H,4-6H2,1H3/t7-,9-/m1/s1. The van der Waals surface area contributed by atoms with E-state index in [2.05, 4.69) is 33.1 Å². The number of anilines is 1. The molecule has 1 aromatic carbocycles. The van der Waals surface area contributed by atoms with E-state index >= 15 is 0 Å². The average molecular weight is 285 g/mol. The van der Waals surface area contributed by atoms with Gasteiger partial charge in [-0.05, 0) is 25.5 Å². The maximum atomic E-state index is 13.8. The number of hydrogen-bond acceptors (Lipinski definition) is 2. The van der Waals surface area contributed by atoms with Crippen molar-refractivity contribution in [1.82, 2.24) is 5.32 Å². The van der Waals surface area contributed by atoms with E-state index in [0.29, 0.717) is 12.1 Å². The van der Waals surface area contributed by atoms with E-state index in [9.17, 15) is 4.39 Å². The Hall–Kier alpha value is -0.610. The van der Waals surface area contributed by atoms with Gasteiger partial charge >= 0.3 is 0 Å². The van der Waals surface area contributed by atoms with Crippen molar-refractivity contribution in [3.05, 3.63) is 28.0 Å². The maximum absolute atomic E-state index is 13.8. The Morgan fingerprint density at radius 2 is 2.25 bits per heavy atom. The molecule has 3 rings (SSSR count). The highest BCUT2D eigenvalue weighted by Gasteiger charge is 2.36. The second-order valence-electron chi connectivity index (χ2n) is 4.66. The topological polar surface area (TPSA) is 15.3 Å². The van der Waals surface area contributed by atoms with Gasteiger partial charge in [0.1, 0.15) is 5.82 Å². The van der Waals surface area contributed by atoms with Crippen LogP contribution in [0.25, 0.3) is 0 Å². The number of rotatable bonds is 0. The quantitative estimate of drug-likeness (QED) is 0.787. The van der Waals surface area contributed by atoms with Crippen molar-refractivity contribution in [2.24, 2.45) is 0 Å². The highest BCUT2D eigenvalue weighted by Crippen LogP contribution is 2.38. The molecule has 2 heterocycles. The summed E-state index contributed by atoms with van der Waals surface area (Å²) < 4.78 is 14.7. The molecule has 2 atom stereocenters. The van der Waals surface area contributed by atoms with E-state index in [0.717, 1.165) is 35.2 Å². The molecular weight excluding hydrogens is 271 g/mol. The summed E-state index contributed by atoms with van der Waals surface area (Å²) in [4.78, 5) is 2.36. The van der Waals surface area contributed by atoms with Crippen LogP contribution in [-0.2, 0) is 6.42 Å². The summed E-state index contributed by atoms with van der Waals surface area (Å²) in [6.45, 7) is 4.12. The smallest absolute Gasteiger partial charge is 0.129 e. The zero-order valence-corrected chi connectivity index (χ0v) is 10.7. The Morgan fingerprint density at radius 3 is 3.06 bits per heavy atom. The van der Waals surface area contributed by atoms with Crippen molar-refractivity contribution in [1.29, 1.82) is 0 Å². The second kappa shape index (κ2) is 3.70. The van der Waals surface area contributed by atoms with Crippen LogP contribution >= 0.6 is 15.9 Å². The van der Waals surface area contributed by atoms with E-state index in [-0.39, 0.29) is 5.82 Å². The van der Waals surface area contributed by atoms with Crippen molar-refractivity contribution in [3.8, 4) is 0 Å². The summed E-state index contributed by atoms with van der Waals surface area (Å²) in [5.74, 6) is -0.0778. The van der Waals surface area contributed by atoms with Crippen LogP contribution in [0.1, 0.15) is 12.5 Å². The minimum atomic E-state index is -0.0778. The first-order chi connectivity index (χ1) is 7.66. The second-order valence-corrected chi connectivity index (χ2v) is 5.57. The van der Waals surface area contributed by atoms with E-state index in [1.54, 1.807) is 6.07 Å². The van der Waals surface area contributed by atoms with E-state index in [1.165, 1.54) is 0 Å². The predicted molar refractivity (Wildman–Crippen MR) is 66.4 cm³/mol. The van der Waals surface area contributed by atoms with Gasteiger partial charge in [0.05, 0.1) is 0 Å². The lowest BCUT2D eigenvalue weighted by Crippen LogP contribution is -2.54. The molecule has 2 aliphatic heterocycles. The Balaban J connectivity index is 2.10. The lowest BCUT2D eigenvalue weighted by molar-refractivity contribution is 0.429. The fourth-order valence-corrected chi connectivity index (χ4v) is 3.30. The van der Waals surface area contributed by atoms with Crippen molar-refractivity contribution in [2.45, 2.75) is 25.4 Å². The van der Waals surface area contributed by atoms with Crippen LogP contribution in [-0.4, -0.2) is 25.2 Å². The molecule has 0 aliphatic carbocycles. The molecule has 0 aromatic heterocycles. The highest BCUT2D eigenvalue weighted by molar-refractivity contribution is 9.10. The minimum Gasteiger partial charge on any atom is -0.363 e. The molecule has 0 unspecified atom stereocenters. The Kier molecular flexibility index (Phi) is 2.44. The highest BCUT2D eigenvalue weighted by atomic mass is 79.9. The lowest BCUT2D eigenvalue weighted by Gasteiger charge is -2.38. The van der Waals surface area contributed by atoms with Crippen LogP contribution < -0.4 is 10.2 Å². The van der Waals surface area contributed by atoms with E-state index < -0.39 is 0 Å². The van der Waals surface area contributed by atoms with Crippen molar-refractivity contribution in [3.63, 3.8) is 0 Å². The van der Waals surface area contributed by atoms with Gasteiger partial charge in [-0.25, -0.2) is 4.39 Å². The molecule has 1 aromatic rings. The fraction of sp³-hybridized carbons (Fsp3) is 0.500. The zero-order valence-electron chi connectivity index (χ0n) is 9.13. The minimum absolute atomic E-state index is 0.0778. The van der Waals surface area contributed by atoms with Crippen LogP contribution in [0.4, 0.5) is 10.1 Å². The monoisotopic (exact) mass is 284 g/mol. The molecule has 0 spiro atoms. The number of hydrogen-bond donors (Lipinski definition) is 1. The molecule has 86 valence electrons. The first-order valence-corrected chi connectivity index (χ1v) is 6.43. The molecule has 1 N–H and O–H groups in total. The third-order valence-electron chi connectivity index (χ3n) is 3.54. The fourth-order valence-electron chi connectivity index (χ4n) is 2.88. The van der Waals surface area contributed by atoms with Gasteiger partial charge in [-0.15, -0.1) is 0 Å². The third-order valence-corrected chi connectivity index (χ3v) is 4.00. The Morgan fingerprint density at radius 1 is 1.44 bits per heavy atom. The molecule has 1 saturated heterocycles. The lowest BCUT2D eigenvalue weighted by atomic mass is 10.1. The Bertz CT molecular complexity index is 435. The normalized spacial score (nSPS) is 27.8. The van der Waals surface area contributed by atoms with Gasteiger partial charge in [0.2, 0.25) is 0 Å². The first kappa shape index (κ1) is 10.5. The van der Waals surface area contributed by atoms with Gasteiger partial charge in [0.25, 0.3) is 0 Å². The molecule has 0 saturated carbocycles. The van der Waals surface area contributed by atoms with Gasteiger partial charge in [0, 0.05) is 40.9 Å². The summed E-state index contributed by atoms with van der Waals surface area (Å²) >= 11 is 3.37. The van der Waals surface area contributed by atoms with Crippen LogP contribution in [0.2, 0.25) is 0 Å². The summed E-state index contributed by atoms with van der Waals surface area (Å²) in [6, 6.07) is 4.46. The number of benzene rings is 1. The predicted octanol–water partition coefficient (Wildman–Crippen LogP) is 2.31. The number of nitrogens with zero attached hydrogens (tertiary/aromatic N) is 1. The molecule has 0 radical (unpaired) electrons. The number of halogens is 2. The largest absolute Gasteiger partial charge is 0.363 e. The van der Waals surface area contributed by atoms with Crippen molar-refractivity contribution in [2.75, 3.05) is 18.0 Å². The van der Waals surface area contributed by atoms with Gasteiger partial charge in [-0.1, -0.05) is 15.9 Å². The number of piperazine rings is 1. The van der Waals surface area contributed by atoms with Crippen molar-refractivity contribution >= 4 is 21.6 Å². The molecular formula is C12H14BrFN2. The Labute approximate surface area is 103 Å². The zero-order chi connectivity index (χ0) is 11.3.